The van der Waals surface area contributed by atoms with E-state index >= 15 is 0 Å². The molecule has 3 N–H and O–H groups in total. The van der Waals surface area contributed by atoms with Crippen LogP contribution in [0.15, 0.2) is 23.1 Å². The number of benzene rings is 1. The van der Waals surface area contributed by atoms with Crippen LogP contribution in [-0.4, -0.2) is 37.8 Å². The summed E-state index contributed by atoms with van der Waals surface area (Å²) >= 11 is 0. The molecule has 0 saturated carbocycles. The van der Waals surface area contributed by atoms with Crippen molar-refractivity contribution in [2.45, 2.75) is 30.6 Å². The van der Waals surface area contributed by atoms with Gasteiger partial charge < -0.3 is 10.2 Å². The Labute approximate surface area is 122 Å². The molecule has 0 amide bonds. The van der Waals surface area contributed by atoms with Crippen LogP contribution in [0.25, 0.3) is 0 Å². The molecule has 0 atom stereocenters. The number of sulfonamides is 1. The van der Waals surface area contributed by atoms with Crippen molar-refractivity contribution in [2.24, 2.45) is 0 Å². The summed E-state index contributed by atoms with van der Waals surface area (Å²) in [7, 11) is -4.08. The first kappa shape index (κ1) is 17.5. The van der Waals surface area contributed by atoms with Gasteiger partial charge in [0.05, 0.1) is 5.56 Å². The number of unbranched alkanes of at least 4 members (excludes halogenated alkanes) is 3. The molecular formula is C13H18FNO5S. The molecule has 0 aliphatic rings. The average Bonchev–Trinajstić information content (AvgIpc) is 2.42. The van der Waals surface area contributed by atoms with Gasteiger partial charge in [-0.25, -0.2) is 22.3 Å². The molecule has 0 spiro atoms. The molecule has 0 aliphatic carbocycles. The largest absolute Gasteiger partial charge is 0.478 e. The van der Waals surface area contributed by atoms with Crippen molar-refractivity contribution in [3.63, 3.8) is 0 Å². The van der Waals surface area contributed by atoms with Gasteiger partial charge in [-0.1, -0.05) is 12.8 Å². The number of nitrogens with one attached hydrogen (secondary N) is 1. The predicted molar refractivity (Wildman–Crippen MR) is 74.1 cm³/mol. The van der Waals surface area contributed by atoms with E-state index < -0.39 is 26.7 Å². The molecule has 0 heterocycles. The van der Waals surface area contributed by atoms with Gasteiger partial charge >= 0.3 is 5.97 Å². The van der Waals surface area contributed by atoms with E-state index in [9.17, 15) is 17.6 Å². The molecule has 8 heteroatoms. The third-order valence-electron chi connectivity index (χ3n) is 2.84. The van der Waals surface area contributed by atoms with E-state index in [2.05, 4.69) is 4.72 Å². The van der Waals surface area contributed by atoms with E-state index in [0.29, 0.717) is 12.8 Å². The third-order valence-corrected chi connectivity index (χ3v) is 4.32. The van der Waals surface area contributed by atoms with Crippen molar-refractivity contribution in [1.82, 2.24) is 4.72 Å². The zero-order valence-corrected chi connectivity index (χ0v) is 12.2. The Morgan fingerprint density at radius 3 is 2.48 bits per heavy atom. The number of carboxylic acid groups (broad SMARTS) is 1. The molecule has 0 aliphatic heterocycles. The second-order valence-corrected chi connectivity index (χ2v) is 6.22. The Morgan fingerprint density at radius 2 is 1.86 bits per heavy atom. The summed E-state index contributed by atoms with van der Waals surface area (Å²) < 4.78 is 39.7. The van der Waals surface area contributed by atoms with Crippen LogP contribution in [0.4, 0.5) is 4.39 Å². The zero-order valence-electron chi connectivity index (χ0n) is 11.4. The summed E-state index contributed by atoms with van der Waals surface area (Å²) in [6.07, 6.45) is 2.73. The van der Waals surface area contributed by atoms with Crippen LogP contribution in [0.3, 0.4) is 0 Å². The van der Waals surface area contributed by atoms with Gasteiger partial charge in [0.1, 0.15) is 10.7 Å². The van der Waals surface area contributed by atoms with Crippen molar-refractivity contribution in [1.29, 1.82) is 0 Å². The number of halogens is 1. The molecule has 0 unspecified atom stereocenters. The van der Waals surface area contributed by atoms with E-state index in [1.54, 1.807) is 0 Å². The lowest BCUT2D eigenvalue weighted by Crippen LogP contribution is -2.26. The SMILES string of the molecule is O=C(O)c1ccc(F)c(S(=O)(=O)NCCCCCCO)c1. The minimum atomic E-state index is -4.08. The van der Waals surface area contributed by atoms with Crippen LogP contribution < -0.4 is 4.72 Å². The minimum Gasteiger partial charge on any atom is -0.478 e. The van der Waals surface area contributed by atoms with E-state index in [1.165, 1.54) is 0 Å². The highest BCUT2D eigenvalue weighted by Gasteiger charge is 2.20. The summed E-state index contributed by atoms with van der Waals surface area (Å²) in [5.74, 6) is -2.32. The van der Waals surface area contributed by atoms with Crippen LogP contribution in [0.2, 0.25) is 0 Å². The topological polar surface area (TPSA) is 104 Å². The fraction of sp³-hybridized carbons (Fsp3) is 0.462. The van der Waals surface area contributed by atoms with Gasteiger partial charge in [0.2, 0.25) is 10.0 Å². The second-order valence-electron chi connectivity index (χ2n) is 4.49. The Bertz CT molecular complexity index is 588. The number of aliphatic hydroxyl groups excluding tert-OH is 1. The first-order valence-electron chi connectivity index (χ1n) is 6.52. The number of carbonyl (C=O) groups is 1. The Morgan fingerprint density at radius 1 is 1.19 bits per heavy atom. The Balaban J connectivity index is 2.70. The molecule has 1 aromatic carbocycles. The normalized spacial score (nSPS) is 11.5. The first-order chi connectivity index (χ1) is 9.88. The van der Waals surface area contributed by atoms with Gasteiger partial charge in [-0.2, -0.15) is 0 Å². The average molecular weight is 319 g/mol. The fourth-order valence-electron chi connectivity index (χ4n) is 1.72. The zero-order chi connectivity index (χ0) is 15.9. The van der Waals surface area contributed by atoms with Crippen LogP contribution in [0, 0.1) is 5.82 Å². The van der Waals surface area contributed by atoms with E-state index in [-0.39, 0.29) is 18.7 Å². The summed E-state index contributed by atoms with van der Waals surface area (Å²) in [5, 5.41) is 17.4. The maximum atomic E-state index is 13.6. The quantitative estimate of drug-likeness (QED) is 0.596. The van der Waals surface area contributed by atoms with E-state index in [1.807, 2.05) is 0 Å². The molecular weight excluding hydrogens is 301 g/mol. The number of rotatable bonds is 9. The Hall–Kier alpha value is -1.51. The van der Waals surface area contributed by atoms with Crippen LogP contribution >= 0.6 is 0 Å². The number of aliphatic hydroxyl groups is 1. The summed E-state index contributed by atoms with van der Waals surface area (Å²) in [6.45, 7) is 0.226. The molecule has 1 aromatic rings. The second kappa shape index (κ2) is 8.06. The van der Waals surface area contributed by atoms with Gasteiger partial charge in [-0.05, 0) is 31.0 Å². The fourth-order valence-corrected chi connectivity index (χ4v) is 2.89. The maximum Gasteiger partial charge on any atom is 0.335 e. The number of hydrogen-bond acceptors (Lipinski definition) is 4. The molecule has 0 bridgehead atoms. The van der Waals surface area contributed by atoms with Gasteiger partial charge in [0, 0.05) is 13.2 Å². The highest BCUT2D eigenvalue weighted by atomic mass is 32.2. The van der Waals surface area contributed by atoms with Gasteiger partial charge in [-0.3, -0.25) is 0 Å². The molecule has 0 radical (unpaired) electrons. The standard InChI is InChI=1S/C13H18FNO5S/c14-11-6-5-10(13(17)18)9-12(11)21(19,20)15-7-3-1-2-4-8-16/h5-6,9,15-16H,1-4,7-8H2,(H,17,18). The number of aromatic carboxylic acids is 1. The third kappa shape index (κ3) is 5.41. The molecule has 1 rings (SSSR count). The van der Waals surface area contributed by atoms with Crippen LogP contribution in [0.5, 0.6) is 0 Å². The highest BCUT2D eigenvalue weighted by Crippen LogP contribution is 2.16. The van der Waals surface area contributed by atoms with Crippen molar-refractivity contribution in [3.8, 4) is 0 Å². The molecule has 6 nitrogen and oxygen atoms in total. The van der Waals surface area contributed by atoms with Crippen molar-refractivity contribution in [3.05, 3.63) is 29.6 Å². The van der Waals surface area contributed by atoms with Gasteiger partial charge in [0.25, 0.3) is 0 Å². The Kier molecular flexibility index (Phi) is 6.73. The number of hydrogen-bond donors (Lipinski definition) is 3. The number of carboxylic acids is 1. The smallest absolute Gasteiger partial charge is 0.335 e. The molecule has 118 valence electrons. The monoisotopic (exact) mass is 319 g/mol. The molecule has 21 heavy (non-hydrogen) atoms. The van der Waals surface area contributed by atoms with Gasteiger partial charge in [0.15, 0.2) is 0 Å². The minimum absolute atomic E-state index is 0.0961. The van der Waals surface area contributed by atoms with Crippen LogP contribution in [-0.2, 0) is 10.0 Å². The van der Waals surface area contributed by atoms with Crippen molar-refractivity contribution < 1.29 is 27.8 Å². The molecule has 0 saturated heterocycles. The first-order valence-corrected chi connectivity index (χ1v) is 8.00. The molecule has 0 aromatic heterocycles. The summed E-state index contributed by atoms with van der Waals surface area (Å²) in [5.41, 5.74) is -0.292. The lowest BCUT2D eigenvalue weighted by Gasteiger charge is -2.08. The molecule has 0 fully saturated rings. The lowest BCUT2D eigenvalue weighted by atomic mass is 10.2. The van der Waals surface area contributed by atoms with Gasteiger partial charge in [-0.15, -0.1) is 0 Å². The summed E-state index contributed by atoms with van der Waals surface area (Å²) in [6, 6.07) is 2.62. The van der Waals surface area contributed by atoms with Crippen molar-refractivity contribution >= 4 is 16.0 Å². The maximum absolute atomic E-state index is 13.6. The highest BCUT2D eigenvalue weighted by molar-refractivity contribution is 7.89. The summed E-state index contributed by atoms with van der Waals surface area (Å²) in [4.78, 5) is 10.1. The van der Waals surface area contributed by atoms with E-state index in [4.69, 9.17) is 10.2 Å². The van der Waals surface area contributed by atoms with Crippen molar-refractivity contribution in [2.75, 3.05) is 13.2 Å². The predicted octanol–water partition coefficient (Wildman–Crippen LogP) is 1.35. The van der Waals surface area contributed by atoms with Crippen LogP contribution in [0.1, 0.15) is 36.0 Å². The lowest BCUT2D eigenvalue weighted by molar-refractivity contribution is 0.0696. The van der Waals surface area contributed by atoms with E-state index in [0.717, 1.165) is 31.0 Å².